The molecule has 0 saturated carbocycles. The Kier molecular flexibility index (Phi) is 5.22. The molecule has 3 aromatic rings. The van der Waals surface area contributed by atoms with Crippen LogP contribution in [-0.4, -0.2) is 19.3 Å². The number of esters is 1. The van der Waals surface area contributed by atoms with Crippen LogP contribution in [0.4, 0.5) is 5.69 Å². The zero-order valence-electron chi connectivity index (χ0n) is 13.8. The molecule has 0 aliphatic carbocycles. The van der Waals surface area contributed by atoms with Crippen molar-refractivity contribution in [3.05, 3.63) is 90.0 Å². The summed E-state index contributed by atoms with van der Waals surface area (Å²) in [6, 6.07) is 23.8. The minimum atomic E-state index is -0.426. The van der Waals surface area contributed by atoms with E-state index in [1.165, 1.54) is 7.11 Å². The Morgan fingerprint density at radius 2 is 1.56 bits per heavy atom. The number of methoxy groups -OCH3 is 1. The smallest absolute Gasteiger partial charge is 0.343 e. The first-order valence-corrected chi connectivity index (χ1v) is 7.80. The molecule has 0 bridgehead atoms. The van der Waals surface area contributed by atoms with Gasteiger partial charge in [0.15, 0.2) is 11.5 Å². The number of rotatable bonds is 5. The molecule has 0 fully saturated rings. The molecule has 0 aromatic heterocycles. The largest absolute Gasteiger partial charge is 0.493 e. The summed E-state index contributed by atoms with van der Waals surface area (Å²) >= 11 is 0. The number of ether oxygens (including phenoxy) is 2. The summed E-state index contributed by atoms with van der Waals surface area (Å²) in [6.07, 6.45) is 1.74. The summed E-state index contributed by atoms with van der Waals surface area (Å²) in [5.74, 6) is 0.416. The topological polar surface area (TPSA) is 47.9 Å². The van der Waals surface area contributed by atoms with E-state index in [9.17, 15) is 4.79 Å². The van der Waals surface area contributed by atoms with Gasteiger partial charge in [-0.2, -0.15) is 0 Å². The second-order valence-corrected chi connectivity index (χ2v) is 5.26. The average Bonchev–Trinajstić information content (AvgIpc) is 2.68. The predicted octanol–water partition coefficient (Wildman–Crippen LogP) is 4.67. The maximum Gasteiger partial charge on any atom is 0.343 e. The first-order chi connectivity index (χ1) is 12.3. The molecule has 25 heavy (non-hydrogen) atoms. The summed E-state index contributed by atoms with van der Waals surface area (Å²) in [6.45, 7) is 0. The second-order valence-electron chi connectivity index (χ2n) is 5.26. The second kappa shape index (κ2) is 7.93. The third kappa shape index (κ3) is 4.32. The van der Waals surface area contributed by atoms with Gasteiger partial charge in [-0.3, -0.25) is 4.99 Å². The third-order valence-electron chi connectivity index (χ3n) is 3.52. The van der Waals surface area contributed by atoms with Gasteiger partial charge in [-0.25, -0.2) is 4.79 Å². The van der Waals surface area contributed by atoms with Crippen molar-refractivity contribution in [2.45, 2.75) is 0 Å². The van der Waals surface area contributed by atoms with Gasteiger partial charge in [-0.1, -0.05) is 36.4 Å². The van der Waals surface area contributed by atoms with Crippen LogP contribution in [0.1, 0.15) is 15.9 Å². The van der Waals surface area contributed by atoms with Crippen LogP contribution in [0, 0.1) is 0 Å². The fourth-order valence-corrected chi connectivity index (χ4v) is 2.24. The molecule has 0 heterocycles. The van der Waals surface area contributed by atoms with Gasteiger partial charge >= 0.3 is 5.97 Å². The Morgan fingerprint density at radius 3 is 2.24 bits per heavy atom. The van der Waals surface area contributed by atoms with Crippen LogP contribution in [0.5, 0.6) is 11.5 Å². The molecule has 124 valence electrons. The molecule has 0 N–H and O–H groups in total. The van der Waals surface area contributed by atoms with Gasteiger partial charge in [-0.15, -0.1) is 0 Å². The molecule has 4 nitrogen and oxygen atoms in total. The highest BCUT2D eigenvalue weighted by atomic mass is 16.6. The molecule has 0 aliphatic heterocycles. The van der Waals surface area contributed by atoms with Gasteiger partial charge in [0, 0.05) is 6.21 Å². The Hall–Kier alpha value is -3.40. The number of benzene rings is 3. The van der Waals surface area contributed by atoms with Gasteiger partial charge in [0.05, 0.1) is 18.4 Å². The van der Waals surface area contributed by atoms with Crippen LogP contribution >= 0.6 is 0 Å². The number of carbonyl (C=O) groups excluding carboxylic acids is 1. The van der Waals surface area contributed by atoms with E-state index < -0.39 is 5.97 Å². The van der Waals surface area contributed by atoms with E-state index in [4.69, 9.17) is 9.47 Å². The highest BCUT2D eigenvalue weighted by molar-refractivity contribution is 5.91. The number of aliphatic imine (C=N–C) groups is 1. The Balaban J connectivity index is 1.78. The van der Waals surface area contributed by atoms with Crippen LogP contribution in [0.3, 0.4) is 0 Å². The van der Waals surface area contributed by atoms with E-state index in [0.29, 0.717) is 17.1 Å². The Morgan fingerprint density at radius 1 is 0.880 bits per heavy atom. The minimum Gasteiger partial charge on any atom is -0.493 e. The van der Waals surface area contributed by atoms with Crippen molar-refractivity contribution in [2.75, 3.05) is 7.11 Å². The fraction of sp³-hybridized carbons (Fsp3) is 0.0476. The highest BCUT2D eigenvalue weighted by Gasteiger charge is 2.12. The van der Waals surface area contributed by atoms with Gasteiger partial charge in [0.2, 0.25) is 0 Å². The van der Waals surface area contributed by atoms with E-state index in [1.54, 1.807) is 42.6 Å². The van der Waals surface area contributed by atoms with E-state index in [2.05, 4.69) is 4.99 Å². The van der Waals surface area contributed by atoms with Crippen LogP contribution in [0.15, 0.2) is 83.9 Å². The van der Waals surface area contributed by atoms with E-state index in [-0.39, 0.29) is 0 Å². The van der Waals surface area contributed by atoms with Crippen LogP contribution < -0.4 is 9.47 Å². The maximum absolute atomic E-state index is 12.2. The first-order valence-electron chi connectivity index (χ1n) is 7.80. The van der Waals surface area contributed by atoms with Crippen molar-refractivity contribution in [1.82, 2.24) is 0 Å². The summed E-state index contributed by atoms with van der Waals surface area (Å²) in [4.78, 5) is 16.6. The Bertz CT molecular complexity index is 874. The molecule has 3 rings (SSSR count). The normalized spacial score (nSPS) is 10.6. The molecular weight excluding hydrogens is 314 g/mol. The molecule has 4 heteroatoms. The van der Waals surface area contributed by atoms with Crippen LogP contribution in [0.2, 0.25) is 0 Å². The standard InChI is InChI=1S/C21H17NO3/c1-24-20-14-16(15-22-18-10-6-3-7-11-18)12-13-19(20)25-21(23)17-8-4-2-5-9-17/h2-15H,1H3. The molecule has 0 radical (unpaired) electrons. The van der Waals surface area contributed by atoms with Crippen molar-refractivity contribution in [2.24, 2.45) is 4.99 Å². The zero-order chi connectivity index (χ0) is 17.5. The third-order valence-corrected chi connectivity index (χ3v) is 3.52. The van der Waals surface area contributed by atoms with E-state index >= 15 is 0 Å². The molecule has 0 amide bonds. The number of para-hydroxylation sites is 1. The molecule has 0 spiro atoms. The molecule has 0 saturated heterocycles. The van der Waals surface area contributed by atoms with Crippen molar-refractivity contribution < 1.29 is 14.3 Å². The summed E-state index contributed by atoms with van der Waals surface area (Å²) in [5.41, 5.74) is 2.19. The fourth-order valence-electron chi connectivity index (χ4n) is 2.24. The Labute approximate surface area is 146 Å². The molecule has 3 aromatic carbocycles. The van der Waals surface area contributed by atoms with Crippen molar-refractivity contribution in [3.8, 4) is 11.5 Å². The van der Waals surface area contributed by atoms with Crippen LogP contribution in [0.25, 0.3) is 0 Å². The maximum atomic E-state index is 12.2. The number of nitrogens with zero attached hydrogens (tertiary/aromatic N) is 1. The highest BCUT2D eigenvalue weighted by Crippen LogP contribution is 2.28. The number of hydrogen-bond acceptors (Lipinski definition) is 4. The average molecular weight is 331 g/mol. The van der Waals surface area contributed by atoms with Gasteiger partial charge < -0.3 is 9.47 Å². The van der Waals surface area contributed by atoms with Gasteiger partial charge in [0.25, 0.3) is 0 Å². The van der Waals surface area contributed by atoms with Crippen molar-refractivity contribution in [1.29, 1.82) is 0 Å². The number of carbonyl (C=O) groups is 1. The predicted molar refractivity (Wildman–Crippen MR) is 98.1 cm³/mol. The lowest BCUT2D eigenvalue weighted by atomic mass is 10.2. The monoisotopic (exact) mass is 331 g/mol. The molecular formula is C21H17NO3. The van der Waals surface area contributed by atoms with Gasteiger partial charge in [0.1, 0.15) is 0 Å². The van der Waals surface area contributed by atoms with Gasteiger partial charge in [-0.05, 0) is 48.0 Å². The molecule has 0 atom stereocenters. The summed E-state index contributed by atoms with van der Waals surface area (Å²) in [7, 11) is 1.54. The van der Waals surface area contributed by atoms with E-state index in [0.717, 1.165) is 11.3 Å². The van der Waals surface area contributed by atoms with E-state index in [1.807, 2.05) is 42.5 Å². The van der Waals surface area contributed by atoms with Crippen molar-refractivity contribution >= 4 is 17.9 Å². The zero-order valence-corrected chi connectivity index (χ0v) is 13.8. The summed E-state index contributed by atoms with van der Waals surface area (Å²) in [5, 5.41) is 0. The van der Waals surface area contributed by atoms with Crippen molar-refractivity contribution in [3.63, 3.8) is 0 Å². The quantitative estimate of drug-likeness (QED) is 0.388. The van der Waals surface area contributed by atoms with Crippen LogP contribution in [-0.2, 0) is 0 Å². The number of hydrogen-bond donors (Lipinski definition) is 0. The molecule has 0 aliphatic rings. The lowest BCUT2D eigenvalue weighted by molar-refractivity contribution is 0.0729. The SMILES string of the molecule is COc1cc(C=Nc2ccccc2)ccc1OC(=O)c1ccccc1. The lowest BCUT2D eigenvalue weighted by Crippen LogP contribution is -2.09. The summed E-state index contributed by atoms with van der Waals surface area (Å²) < 4.78 is 10.8. The first kappa shape index (κ1) is 16.5. The molecule has 0 unspecified atom stereocenters. The lowest BCUT2D eigenvalue weighted by Gasteiger charge is -2.10. The minimum absolute atomic E-state index is 0.369.